The molecule has 0 aromatic heterocycles. The summed E-state index contributed by atoms with van der Waals surface area (Å²) in [6.07, 6.45) is 2.24. The number of rotatable bonds is 6. The SMILES string of the molecule is O=C(O)CNC(=O)[C@@H]1CCC[C@H](NC(=O)OCC2c3ccccc3-c3ccccc32)C1. The molecule has 0 radical (unpaired) electrons. The van der Waals surface area contributed by atoms with E-state index in [4.69, 9.17) is 9.84 Å². The number of aliphatic carboxylic acids is 1. The predicted octanol–water partition coefficient (Wildman–Crippen LogP) is 3.28. The van der Waals surface area contributed by atoms with E-state index < -0.39 is 12.1 Å². The molecule has 1 fully saturated rings. The van der Waals surface area contributed by atoms with Crippen molar-refractivity contribution in [2.75, 3.05) is 13.2 Å². The van der Waals surface area contributed by atoms with Crippen LogP contribution in [0, 0.1) is 5.92 Å². The summed E-state index contributed by atoms with van der Waals surface area (Å²) in [5.74, 6) is -1.65. The van der Waals surface area contributed by atoms with Gasteiger partial charge in [-0.2, -0.15) is 0 Å². The molecule has 0 bridgehead atoms. The molecule has 2 atom stereocenters. The summed E-state index contributed by atoms with van der Waals surface area (Å²) in [7, 11) is 0. The Labute approximate surface area is 180 Å². The molecule has 2 aromatic rings. The molecule has 4 rings (SSSR count). The molecule has 1 saturated carbocycles. The van der Waals surface area contributed by atoms with Crippen molar-refractivity contribution in [3.8, 4) is 11.1 Å². The number of carboxylic acid groups (broad SMARTS) is 1. The number of fused-ring (bicyclic) bond motifs is 3. The highest BCUT2D eigenvalue weighted by molar-refractivity contribution is 5.83. The molecule has 2 amide bonds. The lowest BCUT2D eigenvalue weighted by Crippen LogP contribution is -2.43. The number of carboxylic acids is 1. The van der Waals surface area contributed by atoms with Gasteiger partial charge in [-0.15, -0.1) is 0 Å². The highest BCUT2D eigenvalue weighted by Gasteiger charge is 2.31. The Kier molecular flexibility index (Phi) is 6.21. The first-order valence-electron chi connectivity index (χ1n) is 10.6. The lowest BCUT2D eigenvalue weighted by Gasteiger charge is -2.28. The first kappa shape index (κ1) is 20.9. The van der Waals surface area contributed by atoms with Crippen LogP contribution in [0.1, 0.15) is 42.7 Å². The van der Waals surface area contributed by atoms with Crippen molar-refractivity contribution in [1.82, 2.24) is 10.6 Å². The third-order valence-corrected chi connectivity index (χ3v) is 6.12. The largest absolute Gasteiger partial charge is 0.480 e. The van der Waals surface area contributed by atoms with Gasteiger partial charge in [0.15, 0.2) is 0 Å². The van der Waals surface area contributed by atoms with E-state index in [1.54, 1.807) is 0 Å². The lowest BCUT2D eigenvalue weighted by molar-refractivity contribution is -0.138. The zero-order chi connectivity index (χ0) is 21.8. The predicted molar refractivity (Wildman–Crippen MR) is 115 cm³/mol. The van der Waals surface area contributed by atoms with E-state index in [1.165, 1.54) is 11.1 Å². The Morgan fingerprint density at radius 2 is 1.61 bits per heavy atom. The maximum absolute atomic E-state index is 12.5. The lowest BCUT2D eigenvalue weighted by atomic mass is 9.85. The van der Waals surface area contributed by atoms with Crippen LogP contribution in [0.15, 0.2) is 48.5 Å². The topological polar surface area (TPSA) is 105 Å². The number of nitrogens with one attached hydrogen (secondary N) is 2. The second kappa shape index (κ2) is 9.20. The standard InChI is InChI=1S/C24H26N2O5/c27-22(28)13-25-23(29)15-6-5-7-16(12-15)26-24(30)31-14-21-19-10-3-1-8-17(19)18-9-2-4-11-20(18)21/h1-4,8-11,15-16,21H,5-7,12-14H2,(H,25,29)(H,26,30)(H,27,28)/t15-,16+/m1/s1. The highest BCUT2D eigenvalue weighted by Crippen LogP contribution is 2.44. The Morgan fingerprint density at radius 3 is 2.26 bits per heavy atom. The molecule has 31 heavy (non-hydrogen) atoms. The minimum Gasteiger partial charge on any atom is -0.480 e. The summed E-state index contributed by atoms with van der Waals surface area (Å²) >= 11 is 0. The molecule has 0 saturated heterocycles. The van der Waals surface area contributed by atoms with Gasteiger partial charge < -0.3 is 20.5 Å². The van der Waals surface area contributed by atoms with Gasteiger partial charge in [0.25, 0.3) is 0 Å². The van der Waals surface area contributed by atoms with Gasteiger partial charge in [0, 0.05) is 17.9 Å². The van der Waals surface area contributed by atoms with Gasteiger partial charge in [-0.3, -0.25) is 9.59 Å². The van der Waals surface area contributed by atoms with Crippen LogP contribution in [0.2, 0.25) is 0 Å². The van der Waals surface area contributed by atoms with Crippen molar-refractivity contribution < 1.29 is 24.2 Å². The zero-order valence-electron chi connectivity index (χ0n) is 17.2. The van der Waals surface area contributed by atoms with E-state index in [2.05, 4.69) is 34.9 Å². The number of hydrogen-bond donors (Lipinski definition) is 3. The molecule has 2 aliphatic rings. The van der Waals surface area contributed by atoms with Gasteiger partial charge in [0.2, 0.25) is 5.91 Å². The minimum absolute atomic E-state index is 0.000879. The van der Waals surface area contributed by atoms with E-state index in [0.29, 0.717) is 12.8 Å². The maximum Gasteiger partial charge on any atom is 0.407 e. The van der Waals surface area contributed by atoms with Gasteiger partial charge in [0.05, 0.1) is 0 Å². The molecular weight excluding hydrogens is 396 g/mol. The van der Waals surface area contributed by atoms with Crippen LogP contribution in [-0.2, 0) is 14.3 Å². The molecule has 0 heterocycles. The van der Waals surface area contributed by atoms with Crippen molar-refractivity contribution in [1.29, 1.82) is 0 Å². The van der Waals surface area contributed by atoms with Crippen LogP contribution < -0.4 is 10.6 Å². The van der Waals surface area contributed by atoms with Crippen molar-refractivity contribution in [2.45, 2.75) is 37.6 Å². The van der Waals surface area contributed by atoms with E-state index in [9.17, 15) is 14.4 Å². The minimum atomic E-state index is -1.07. The Hall–Kier alpha value is -3.35. The van der Waals surface area contributed by atoms with Crippen molar-refractivity contribution >= 4 is 18.0 Å². The molecular formula is C24H26N2O5. The number of amides is 2. The summed E-state index contributed by atoms with van der Waals surface area (Å²) < 4.78 is 5.59. The monoisotopic (exact) mass is 422 g/mol. The molecule has 0 unspecified atom stereocenters. The Balaban J connectivity index is 1.33. The summed E-state index contributed by atoms with van der Waals surface area (Å²) in [6, 6.07) is 16.2. The highest BCUT2D eigenvalue weighted by atomic mass is 16.5. The van der Waals surface area contributed by atoms with Crippen LogP contribution in [-0.4, -0.2) is 42.3 Å². The average Bonchev–Trinajstić information content (AvgIpc) is 3.10. The molecule has 0 aliphatic heterocycles. The fourth-order valence-electron chi connectivity index (χ4n) is 4.67. The second-order valence-corrected chi connectivity index (χ2v) is 8.14. The normalized spacial score (nSPS) is 19.7. The van der Waals surface area contributed by atoms with Crippen LogP contribution in [0.5, 0.6) is 0 Å². The fourth-order valence-corrected chi connectivity index (χ4v) is 4.67. The quantitative estimate of drug-likeness (QED) is 0.663. The van der Waals surface area contributed by atoms with E-state index >= 15 is 0 Å². The van der Waals surface area contributed by atoms with E-state index in [0.717, 1.165) is 24.0 Å². The number of ether oxygens (including phenoxy) is 1. The number of benzene rings is 2. The number of hydrogen-bond acceptors (Lipinski definition) is 4. The van der Waals surface area contributed by atoms with Crippen molar-refractivity contribution in [2.24, 2.45) is 5.92 Å². The maximum atomic E-state index is 12.5. The number of carbonyl (C=O) groups excluding carboxylic acids is 2. The second-order valence-electron chi connectivity index (χ2n) is 8.14. The fraction of sp³-hybridized carbons (Fsp3) is 0.375. The number of carbonyl (C=O) groups is 3. The zero-order valence-corrected chi connectivity index (χ0v) is 17.2. The van der Waals surface area contributed by atoms with Gasteiger partial charge in [-0.05, 0) is 41.5 Å². The Bertz CT molecular complexity index is 944. The molecule has 3 N–H and O–H groups in total. The molecule has 2 aliphatic carbocycles. The third kappa shape index (κ3) is 4.71. The summed E-state index contributed by atoms with van der Waals surface area (Å²) in [6.45, 7) is -0.144. The summed E-state index contributed by atoms with van der Waals surface area (Å²) in [5, 5.41) is 14.0. The first-order chi connectivity index (χ1) is 15.0. The molecule has 7 heteroatoms. The van der Waals surface area contributed by atoms with Gasteiger partial charge in [-0.1, -0.05) is 55.0 Å². The van der Waals surface area contributed by atoms with Gasteiger partial charge >= 0.3 is 12.1 Å². The first-order valence-corrected chi connectivity index (χ1v) is 10.6. The van der Waals surface area contributed by atoms with E-state index in [-0.39, 0.29) is 36.9 Å². The van der Waals surface area contributed by atoms with Crippen LogP contribution in [0.3, 0.4) is 0 Å². The smallest absolute Gasteiger partial charge is 0.407 e. The molecule has 0 spiro atoms. The Morgan fingerprint density at radius 1 is 0.968 bits per heavy atom. The molecule has 2 aromatic carbocycles. The average molecular weight is 422 g/mol. The molecule has 162 valence electrons. The van der Waals surface area contributed by atoms with Crippen LogP contribution in [0.25, 0.3) is 11.1 Å². The summed E-state index contributed by atoms with van der Waals surface area (Å²) in [4.78, 5) is 35.3. The van der Waals surface area contributed by atoms with Gasteiger partial charge in [-0.25, -0.2) is 4.79 Å². The summed E-state index contributed by atoms with van der Waals surface area (Å²) in [5.41, 5.74) is 4.66. The van der Waals surface area contributed by atoms with Crippen molar-refractivity contribution in [3.05, 3.63) is 59.7 Å². The van der Waals surface area contributed by atoms with Crippen LogP contribution >= 0.6 is 0 Å². The van der Waals surface area contributed by atoms with Crippen LogP contribution in [0.4, 0.5) is 4.79 Å². The number of alkyl carbamates (subject to hydrolysis) is 1. The third-order valence-electron chi connectivity index (χ3n) is 6.12. The van der Waals surface area contributed by atoms with E-state index in [1.807, 2.05) is 24.3 Å². The molecule has 7 nitrogen and oxygen atoms in total. The van der Waals surface area contributed by atoms with Gasteiger partial charge in [0.1, 0.15) is 13.2 Å². The van der Waals surface area contributed by atoms with Crippen molar-refractivity contribution in [3.63, 3.8) is 0 Å².